The Balaban J connectivity index is 0.000000188. The van der Waals surface area contributed by atoms with Crippen molar-refractivity contribution in [1.82, 2.24) is 15.0 Å². The molecule has 0 saturated heterocycles. The molecule has 0 atom stereocenters. The third kappa shape index (κ3) is 9.54. The summed E-state index contributed by atoms with van der Waals surface area (Å²) in [5.74, 6) is 9.58. The molecule has 6 heteroatoms. The normalized spacial score (nSPS) is 14.9. The Morgan fingerprint density at radius 3 is 2.02 bits per heavy atom. The SMILES string of the molecule is CC(C)c1cnc(-c2[c-]c3c(nc2)oc2c(-c4ccccc4)cccc23)cc1CC1CCCC1.[CH3][Ge]([CH3])([CH3])[c]1cnc(-c2[c-]cccc2)cc1CC1CCCC1.[Ir]. The Labute approximate surface area is 356 Å². The summed E-state index contributed by atoms with van der Waals surface area (Å²) >= 11 is -1.87. The van der Waals surface area contributed by atoms with Crippen LogP contribution in [0.3, 0.4) is 0 Å². The van der Waals surface area contributed by atoms with Gasteiger partial charge in [-0.3, -0.25) is 4.98 Å². The molecule has 1 radical (unpaired) electrons. The molecule has 7 aromatic rings. The molecule has 2 fully saturated rings. The average Bonchev–Trinajstić information content (AvgIpc) is 4.00. The quantitative estimate of drug-likeness (QED) is 0.107. The number of benzene rings is 3. The fourth-order valence-electron chi connectivity index (χ4n) is 9.03. The predicted molar refractivity (Wildman–Crippen MR) is 236 cm³/mol. The van der Waals surface area contributed by atoms with E-state index < -0.39 is 13.3 Å². The summed E-state index contributed by atoms with van der Waals surface area (Å²) in [4.78, 5) is 14.3. The summed E-state index contributed by atoms with van der Waals surface area (Å²) in [6, 6.07) is 36.3. The molecule has 2 aliphatic rings. The summed E-state index contributed by atoms with van der Waals surface area (Å²) in [5.41, 5.74) is 12.1. The van der Waals surface area contributed by atoms with Crippen molar-refractivity contribution in [3.8, 4) is 33.6 Å². The van der Waals surface area contributed by atoms with Crippen LogP contribution in [-0.2, 0) is 32.9 Å². The summed E-state index contributed by atoms with van der Waals surface area (Å²) in [5, 5.41) is 1.95. The first-order valence-electron chi connectivity index (χ1n) is 21.0. The molecule has 0 aliphatic heterocycles. The number of para-hydroxylation sites is 1. The van der Waals surface area contributed by atoms with Gasteiger partial charge in [0.05, 0.1) is 0 Å². The maximum atomic E-state index is 6.23. The minimum absolute atomic E-state index is 0. The predicted octanol–water partition coefficient (Wildman–Crippen LogP) is 13.2. The van der Waals surface area contributed by atoms with Gasteiger partial charge >= 0.3 is 137 Å². The van der Waals surface area contributed by atoms with Gasteiger partial charge in [-0.2, -0.15) is 0 Å². The fraction of sp³-hybridized carbons (Fsp3) is 0.353. The zero-order valence-electron chi connectivity index (χ0n) is 34.2. The van der Waals surface area contributed by atoms with Gasteiger partial charge in [0, 0.05) is 37.6 Å². The first kappa shape index (κ1) is 41.3. The third-order valence-electron chi connectivity index (χ3n) is 12.0. The molecule has 0 amide bonds. The number of furan rings is 1. The van der Waals surface area contributed by atoms with Crippen molar-refractivity contribution in [2.45, 2.75) is 101 Å². The van der Waals surface area contributed by atoms with E-state index in [9.17, 15) is 0 Å². The van der Waals surface area contributed by atoms with E-state index >= 15 is 0 Å². The number of nitrogens with zero attached hydrogens (tertiary/aromatic N) is 3. The van der Waals surface area contributed by atoms with Crippen LogP contribution in [0.25, 0.3) is 55.7 Å². The van der Waals surface area contributed by atoms with Crippen molar-refractivity contribution in [3.63, 3.8) is 0 Å². The van der Waals surface area contributed by atoms with Crippen molar-refractivity contribution < 1.29 is 24.5 Å². The Hall–Kier alpha value is -3.90. The molecule has 3 aromatic carbocycles. The van der Waals surface area contributed by atoms with Gasteiger partial charge in [-0.25, -0.2) is 0 Å². The second-order valence-corrected chi connectivity index (χ2v) is 28.1. The molecule has 0 N–H and O–H groups in total. The van der Waals surface area contributed by atoms with Crippen LogP contribution in [0.2, 0.25) is 17.3 Å². The van der Waals surface area contributed by atoms with Gasteiger partial charge in [0.2, 0.25) is 0 Å². The molecular weight excluding hydrogens is 935 g/mol. The van der Waals surface area contributed by atoms with E-state index in [1.807, 2.05) is 24.4 Å². The van der Waals surface area contributed by atoms with Gasteiger partial charge in [0.15, 0.2) is 5.71 Å². The molecule has 0 spiro atoms. The summed E-state index contributed by atoms with van der Waals surface area (Å²) < 4.78 is 7.82. The monoisotopic (exact) mass is 992 g/mol. The summed E-state index contributed by atoms with van der Waals surface area (Å²) in [6.07, 6.45) is 19.6. The maximum Gasteiger partial charge on any atom is 0 e. The molecule has 0 bridgehead atoms. The molecule has 2 saturated carbocycles. The second-order valence-electron chi connectivity index (χ2n) is 17.5. The topological polar surface area (TPSA) is 51.8 Å². The van der Waals surface area contributed by atoms with Gasteiger partial charge in [-0.05, 0) is 46.5 Å². The Morgan fingerprint density at radius 2 is 1.35 bits per heavy atom. The molecule has 295 valence electrons. The van der Waals surface area contributed by atoms with Crippen molar-refractivity contribution >= 4 is 39.7 Å². The minimum atomic E-state index is -1.87. The summed E-state index contributed by atoms with van der Waals surface area (Å²) in [7, 11) is 0. The van der Waals surface area contributed by atoms with Gasteiger partial charge in [0.1, 0.15) is 5.58 Å². The van der Waals surface area contributed by atoms with E-state index in [-0.39, 0.29) is 20.1 Å². The van der Waals surface area contributed by atoms with Crippen LogP contribution in [0.1, 0.15) is 87.8 Å². The van der Waals surface area contributed by atoms with Gasteiger partial charge in [0.25, 0.3) is 0 Å². The van der Waals surface area contributed by atoms with Crippen LogP contribution in [0.4, 0.5) is 0 Å². The number of pyridine rings is 3. The van der Waals surface area contributed by atoms with E-state index in [1.54, 1.807) is 9.96 Å². The van der Waals surface area contributed by atoms with Crippen LogP contribution < -0.4 is 4.40 Å². The molecule has 4 nitrogen and oxygen atoms in total. The smallest absolute Gasteiger partial charge is 0 e. The molecule has 4 heterocycles. The van der Waals surface area contributed by atoms with Gasteiger partial charge < -0.3 is 9.40 Å². The fourth-order valence-corrected chi connectivity index (χ4v) is 12.4. The van der Waals surface area contributed by atoms with Crippen LogP contribution in [0.15, 0.2) is 108 Å². The van der Waals surface area contributed by atoms with Gasteiger partial charge in [-0.1, -0.05) is 105 Å². The Bertz CT molecular complexity index is 2410. The second kappa shape index (κ2) is 18.4. The number of hydrogen-bond acceptors (Lipinski definition) is 4. The molecular formula is C51H55GeIrN3O-2. The largest absolute Gasteiger partial charge is 0 e. The van der Waals surface area contributed by atoms with Crippen molar-refractivity contribution in [1.29, 1.82) is 0 Å². The molecule has 4 aromatic heterocycles. The van der Waals surface area contributed by atoms with E-state index in [4.69, 9.17) is 14.4 Å². The average molecular weight is 991 g/mol. The molecule has 2 aliphatic carbocycles. The zero-order chi connectivity index (χ0) is 38.6. The van der Waals surface area contributed by atoms with Crippen molar-refractivity contribution in [2.75, 3.05) is 0 Å². The van der Waals surface area contributed by atoms with E-state index in [0.29, 0.717) is 11.6 Å². The first-order valence-corrected chi connectivity index (χ1v) is 28.3. The number of rotatable bonds is 9. The standard InChI is InChI=1S/C31H29N2O.C20H26GeN.Ir/c1-20(2)28-19-32-29(17-23(28)15-21-9-6-7-10-21)24-16-27-26-14-8-13-25(22-11-4-3-5-12-22)30(26)34-31(27)33-18-24;1-21(2,3)19-15-22-20(17-11-5-4-6-12-17)14-18(19)13-16-9-7-8-10-16;/h3-5,8,11-14,17-21H,6-7,9-10,15H2,1-2H3;4-6,11,14-16H,7-10,13H2,1-3H3;/q2*-1;. The number of fused-ring (bicyclic) bond motifs is 3. The number of hydrogen-bond donors (Lipinski definition) is 0. The molecule has 9 rings (SSSR count). The van der Waals surface area contributed by atoms with E-state index in [1.165, 1.54) is 68.9 Å². The molecule has 0 unspecified atom stereocenters. The van der Waals surface area contributed by atoms with E-state index in [2.05, 4.69) is 127 Å². The van der Waals surface area contributed by atoms with Crippen molar-refractivity contribution in [2.24, 2.45) is 11.8 Å². The van der Waals surface area contributed by atoms with Crippen LogP contribution in [0, 0.1) is 24.0 Å². The van der Waals surface area contributed by atoms with E-state index in [0.717, 1.165) is 68.3 Å². The number of aromatic nitrogens is 3. The minimum Gasteiger partial charge on any atom is 0 e. The van der Waals surface area contributed by atoms with Crippen LogP contribution >= 0.6 is 0 Å². The first-order chi connectivity index (χ1) is 27.2. The van der Waals surface area contributed by atoms with Crippen LogP contribution in [-0.4, -0.2) is 28.2 Å². The maximum absolute atomic E-state index is 6.23. The summed E-state index contributed by atoms with van der Waals surface area (Å²) in [6.45, 7) is 4.52. The van der Waals surface area contributed by atoms with Gasteiger partial charge in [-0.15, -0.1) is 6.07 Å². The Kier molecular flexibility index (Phi) is 13.3. The Morgan fingerprint density at radius 1 is 0.702 bits per heavy atom. The third-order valence-corrected chi connectivity index (χ3v) is 16.4. The van der Waals surface area contributed by atoms with Crippen LogP contribution in [0.5, 0.6) is 0 Å². The van der Waals surface area contributed by atoms with Crippen molar-refractivity contribution in [3.05, 3.63) is 132 Å². The zero-order valence-corrected chi connectivity index (χ0v) is 38.7. The molecule has 57 heavy (non-hydrogen) atoms.